The Morgan fingerprint density at radius 2 is 2.13 bits per heavy atom. The quantitative estimate of drug-likeness (QED) is 0.829. The molecule has 1 fully saturated rings. The lowest BCUT2D eigenvalue weighted by molar-refractivity contribution is -0.122. The monoisotopic (exact) mass is 342 g/mol. The van der Waals surface area contributed by atoms with Crippen molar-refractivity contribution in [1.82, 2.24) is 10.6 Å². The fraction of sp³-hybridized carbons (Fsp3) is 0.562. The number of benzene rings is 1. The van der Waals surface area contributed by atoms with E-state index in [1.807, 2.05) is 11.8 Å². The lowest BCUT2D eigenvalue weighted by Crippen LogP contribution is -2.41. The molecule has 0 saturated carbocycles. The highest BCUT2D eigenvalue weighted by Gasteiger charge is 2.21. The molecule has 5 nitrogen and oxygen atoms in total. The summed E-state index contributed by atoms with van der Waals surface area (Å²) in [4.78, 5) is 12.1. The first-order valence-corrected chi connectivity index (χ1v) is 8.72. The van der Waals surface area contributed by atoms with Crippen LogP contribution in [0.3, 0.4) is 0 Å². The maximum absolute atomic E-state index is 14.2. The zero-order valence-electron chi connectivity index (χ0n) is 13.6. The summed E-state index contributed by atoms with van der Waals surface area (Å²) in [5.74, 6) is 2.25. The number of hydrogen-bond acceptors (Lipinski definition) is 5. The number of nitrogens with one attached hydrogen (secondary N) is 2. The third-order valence-electron chi connectivity index (χ3n) is 3.78. The van der Waals surface area contributed by atoms with E-state index in [0.29, 0.717) is 23.5 Å². The van der Waals surface area contributed by atoms with E-state index >= 15 is 0 Å². The first kappa shape index (κ1) is 17.9. The largest absolute Gasteiger partial charge is 0.493 e. The van der Waals surface area contributed by atoms with Crippen LogP contribution in [0.4, 0.5) is 4.39 Å². The molecule has 0 radical (unpaired) electrons. The van der Waals surface area contributed by atoms with Gasteiger partial charge in [0.25, 0.3) is 0 Å². The summed E-state index contributed by atoms with van der Waals surface area (Å²) >= 11 is 1.84. The zero-order valence-corrected chi connectivity index (χ0v) is 14.5. The molecule has 23 heavy (non-hydrogen) atoms. The molecule has 0 aromatic heterocycles. The third-order valence-corrected chi connectivity index (χ3v) is 4.91. The van der Waals surface area contributed by atoms with Crippen LogP contribution in [0.15, 0.2) is 12.1 Å². The molecule has 0 spiro atoms. The number of methoxy groups -OCH3 is 2. The van der Waals surface area contributed by atoms with Gasteiger partial charge in [-0.25, -0.2) is 4.39 Å². The molecule has 1 aliphatic rings. The molecule has 0 bridgehead atoms. The minimum absolute atomic E-state index is 0.0910. The molecular formula is C16H23FN2O3S. The van der Waals surface area contributed by atoms with Crippen molar-refractivity contribution in [2.24, 2.45) is 0 Å². The zero-order chi connectivity index (χ0) is 16.8. The number of carbonyl (C=O) groups is 1. The van der Waals surface area contributed by atoms with Crippen molar-refractivity contribution in [1.29, 1.82) is 0 Å². The molecular weight excluding hydrogens is 319 g/mol. The van der Waals surface area contributed by atoms with Gasteiger partial charge in [0.05, 0.1) is 20.3 Å². The molecule has 1 saturated heterocycles. The molecule has 1 aromatic rings. The van der Waals surface area contributed by atoms with Crippen LogP contribution in [-0.4, -0.2) is 44.2 Å². The van der Waals surface area contributed by atoms with Crippen LogP contribution in [-0.2, 0) is 4.79 Å². The Balaban J connectivity index is 2.01. The Bertz CT molecular complexity index is 550. The summed E-state index contributed by atoms with van der Waals surface area (Å²) < 4.78 is 24.5. The first-order valence-electron chi connectivity index (χ1n) is 7.57. The van der Waals surface area contributed by atoms with Gasteiger partial charge in [0, 0.05) is 42.1 Å². The van der Waals surface area contributed by atoms with Crippen LogP contribution in [0, 0.1) is 5.82 Å². The van der Waals surface area contributed by atoms with Gasteiger partial charge in [0.2, 0.25) is 5.91 Å². The lowest BCUT2D eigenvalue weighted by atomic mass is 10.1. The first-order chi connectivity index (χ1) is 11.0. The standard InChI is InChI=1S/C16H23FN2O3S/c1-10(19-16(20)6-11-9-23-5-4-18-11)12-7-14(21-2)15(22-3)8-13(12)17/h7-8,10-11,18H,4-6,9H2,1-3H3,(H,19,20). The van der Waals surface area contributed by atoms with Crippen molar-refractivity contribution >= 4 is 17.7 Å². The van der Waals surface area contributed by atoms with E-state index in [0.717, 1.165) is 18.1 Å². The van der Waals surface area contributed by atoms with Crippen LogP contribution < -0.4 is 20.1 Å². The van der Waals surface area contributed by atoms with Gasteiger partial charge in [0.15, 0.2) is 11.5 Å². The van der Waals surface area contributed by atoms with Gasteiger partial charge >= 0.3 is 0 Å². The highest BCUT2D eigenvalue weighted by atomic mass is 32.2. The Hall–Kier alpha value is -1.47. The summed E-state index contributed by atoms with van der Waals surface area (Å²) in [6.45, 7) is 2.67. The molecule has 2 unspecified atom stereocenters. The van der Waals surface area contributed by atoms with Gasteiger partial charge in [-0.05, 0) is 13.0 Å². The van der Waals surface area contributed by atoms with E-state index < -0.39 is 11.9 Å². The average molecular weight is 342 g/mol. The van der Waals surface area contributed by atoms with Crippen LogP contribution in [0.2, 0.25) is 0 Å². The maximum atomic E-state index is 14.2. The number of thioether (sulfide) groups is 1. The van der Waals surface area contributed by atoms with E-state index in [1.165, 1.54) is 20.3 Å². The summed E-state index contributed by atoms with van der Waals surface area (Å²) in [7, 11) is 2.95. The molecule has 7 heteroatoms. The fourth-order valence-corrected chi connectivity index (χ4v) is 3.50. The van der Waals surface area contributed by atoms with Crippen molar-refractivity contribution in [3.05, 3.63) is 23.5 Å². The van der Waals surface area contributed by atoms with Crippen molar-refractivity contribution in [3.8, 4) is 11.5 Å². The van der Waals surface area contributed by atoms with Crippen LogP contribution >= 0.6 is 11.8 Å². The normalized spacial score (nSPS) is 19.0. The number of ether oxygens (including phenoxy) is 2. The smallest absolute Gasteiger partial charge is 0.222 e. The highest BCUT2D eigenvalue weighted by Crippen LogP contribution is 2.32. The second-order valence-electron chi connectivity index (χ2n) is 5.45. The Labute approximate surface area is 140 Å². The maximum Gasteiger partial charge on any atom is 0.222 e. The van der Waals surface area contributed by atoms with E-state index in [9.17, 15) is 9.18 Å². The van der Waals surface area contributed by atoms with Crippen LogP contribution in [0.1, 0.15) is 24.9 Å². The molecule has 1 amide bonds. The molecule has 128 valence electrons. The second kappa shape index (κ2) is 8.40. The van der Waals surface area contributed by atoms with Gasteiger partial charge in [0.1, 0.15) is 5.82 Å². The number of halogens is 1. The summed E-state index contributed by atoms with van der Waals surface area (Å²) in [6.07, 6.45) is 0.395. The van der Waals surface area contributed by atoms with E-state index in [1.54, 1.807) is 13.0 Å². The van der Waals surface area contributed by atoms with E-state index in [-0.39, 0.29) is 11.9 Å². The Kier molecular flexibility index (Phi) is 6.53. The molecule has 0 aliphatic carbocycles. The van der Waals surface area contributed by atoms with Crippen LogP contribution in [0.5, 0.6) is 11.5 Å². The van der Waals surface area contributed by atoms with Gasteiger partial charge in [-0.15, -0.1) is 0 Å². The molecule has 1 aromatic carbocycles. The highest BCUT2D eigenvalue weighted by molar-refractivity contribution is 7.99. The number of amides is 1. The summed E-state index contributed by atoms with van der Waals surface area (Å²) in [5.41, 5.74) is 0.377. The minimum Gasteiger partial charge on any atom is -0.493 e. The number of carbonyl (C=O) groups excluding carboxylic acids is 1. The third kappa shape index (κ3) is 4.75. The number of hydrogen-bond donors (Lipinski definition) is 2. The fourth-order valence-electron chi connectivity index (χ4n) is 2.55. The van der Waals surface area contributed by atoms with Gasteiger partial charge in [-0.2, -0.15) is 11.8 Å². The second-order valence-corrected chi connectivity index (χ2v) is 6.60. The summed E-state index contributed by atoms with van der Waals surface area (Å²) in [5, 5.41) is 6.16. The molecule has 2 atom stereocenters. The Morgan fingerprint density at radius 1 is 1.43 bits per heavy atom. The lowest BCUT2D eigenvalue weighted by Gasteiger charge is -2.24. The predicted octanol–water partition coefficient (Wildman–Crippen LogP) is 2.12. The topological polar surface area (TPSA) is 59.6 Å². The van der Waals surface area contributed by atoms with E-state index in [2.05, 4.69) is 10.6 Å². The minimum atomic E-state index is -0.446. The molecule has 1 aliphatic heterocycles. The van der Waals surface area contributed by atoms with Gasteiger partial charge < -0.3 is 20.1 Å². The molecule has 2 rings (SSSR count). The summed E-state index contributed by atoms with van der Waals surface area (Å²) in [6, 6.07) is 2.57. The number of rotatable bonds is 6. The van der Waals surface area contributed by atoms with Crippen LogP contribution in [0.25, 0.3) is 0 Å². The van der Waals surface area contributed by atoms with E-state index in [4.69, 9.17) is 9.47 Å². The molecule has 1 heterocycles. The predicted molar refractivity (Wildman–Crippen MR) is 89.8 cm³/mol. The van der Waals surface area contributed by atoms with Gasteiger partial charge in [-0.1, -0.05) is 0 Å². The SMILES string of the molecule is COc1cc(F)c(C(C)NC(=O)CC2CSCCN2)cc1OC. The van der Waals surface area contributed by atoms with Gasteiger partial charge in [-0.3, -0.25) is 4.79 Å². The van der Waals surface area contributed by atoms with Crippen molar-refractivity contribution in [2.75, 3.05) is 32.3 Å². The Morgan fingerprint density at radius 3 is 2.74 bits per heavy atom. The van der Waals surface area contributed by atoms with Crippen molar-refractivity contribution in [2.45, 2.75) is 25.4 Å². The molecule has 2 N–H and O–H groups in total. The average Bonchev–Trinajstić information content (AvgIpc) is 2.55. The van der Waals surface area contributed by atoms with Crippen molar-refractivity contribution < 1.29 is 18.7 Å². The van der Waals surface area contributed by atoms with Crippen molar-refractivity contribution in [3.63, 3.8) is 0 Å².